The maximum Gasteiger partial charge on any atom is 0.289 e. The second kappa shape index (κ2) is 20.8. The van der Waals surface area contributed by atoms with Crippen LogP contribution in [0.4, 0.5) is 0 Å². The summed E-state index contributed by atoms with van der Waals surface area (Å²) in [6.45, 7) is 8.87. The zero-order valence-corrected chi connectivity index (χ0v) is 37.0. The SMILES string of the molecule is CCO[C@H]1OC(C(=O)N2CCc3cc(OC)c(OC)cc3[C@H]2C[C@H]2C[C@H]3c4cc(OC)c(OC)cc4CCN3C[C@@H]2CC)=C[C@@H](c2ccsc2)[C@H]1CCOCCOCCO. The predicted octanol–water partition coefficient (Wildman–Crippen LogP) is 7.34. The number of piperidine rings is 1. The highest BCUT2D eigenvalue weighted by atomic mass is 32.1. The van der Waals surface area contributed by atoms with E-state index in [1.807, 2.05) is 13.0 Å². The molecule has 60 heavy (non-hydrogen) atoms. The number of hydrogen-bond acceptors (Lipinski definition) is 12. The number of thiophene rings is 1. The molecule has 5 heterocycles. The third-order valence-electron chi connectivity index (χ3n) is 13.1. The first kappa shape index (κ1) is 44.2. The van der Waals surface area contributed by atoms with Crippen LogP contribution in [0.5, 0.6) is 23.0 Å². The Bertz CT molecular complexity index is 1900. The van der Waals surface area contributed by atoms with Gasteiger partial charge in [-0.1, -0.05) is 13.3 Å². The number of allylic oxidation sites excluding steroid dienone is 1. The molecule has 12 nitrogen and oxygen atoms in total. The summed E-state index contributed by atoms with van der Waals surface area (Å²) in [5, 5.41) is 13.3. The van der Waals surface area contributed by atoms with Crippen molar-refractivity contribution in [1.29, 1.82) is 0 Å². The van der Waals surface area contributed by atoms with Gasteiger partial charge in [-0.2, -0.15) is 11.3 Å². The van der Waals surface area contributed by atoms with Gasteiger partial charge in [-0.25, -0.2) is 0 Å². The van der Waals surface area contributed by atoms with E-state index in [2.05, 4.69) is 57.8 Å². The maximum absolute atomic E-state index is 15.3. The summed E-state index contributed by atoms with van der Waals surface area (Å²) in [5.74, 6) is 3.72. The molecule has 0 aliphatic carbocycles. The monoisotopic (exact) mass is 848 g/mol. The normalized spacial score (nSPS) is 25.0. The summed E-state index contributed by atoms with van der Waals surface area (Å²) in [4.78, 5) is 20.0. The first-order valence-electron chi connectivity index (χ1n) is 21.7. The largest absolute Gasteiger partial charge is 0.493 e. The van der Waals surface area contributed by atoms with Gasteiger partial charge in [0.2, 0.25) is 6.29 Å². The Hall–Kier alpha value is -3.85. The predicted molar refractivity (Wildman–Crippen MR) is 230 cm³/mol. The van der Waals surface area contributed by atoms with Gasteiger partial charge in [0.15, 0.2) is 28.8 Å². The van der Waals surface area contributed by atoms with Gasteiger partial charge < -0.3 is 47.9 Å². The summed E-state index contributed by atoms with van der Waals surface area (Å²) in [7, 11) is 6.74. The molecule has 7 rings (SSSR count). The minimum absolute atomic E-state index is 0.0147. The average molecular weight is 849 g/mol. The quantitative estimate of drug-likeness (QED) is 0.122. The Kier molecular flexibility index (Phi) is 15.3. The number of methoxy groups -OCH3 is 4. The lowest BCUT2D eigenvalue weighted by Gasteiger charge is -2.49. The molecular weight excluding hydrogens is 785 g/mol. The topological polar surface area (TPSA) is 118 Å². The number of benzene rings is 2. The van der Waals surface area contributed by atoms with E-state index >= 15 is 4.79 Å². The number of rotatable bonds is 19. The molecule has 3 aromatic rings. The molecule has 1 aromatic heterocycles. The lowest BCUT2D eigenvalue weighted by Crippen LogP contribution is -2.48. The van der Waals surface area contributed by atoms with Gasteiger partial charge in [-0.15, -0.1) is 0 Å². The van der Waals surface area contributed by atoms with Crippen LogP contribution in [0, 0.1) is 17.8 Å². The van der Waals surface area contributed by atoms with Crippen LogP contribution < -0.4 is 18.9 Å². The number of amides is 1. The van der Waals surface area contributed by atoms with E-state index in [1.54, 1.807) is 39.8 Å². The smallest absolute Gasteiger partial charge is 0.289 e. The van der Waals surface area contributed by atoms with Gasteiger partial charge in [-0.05, 0) is 126 Å². The number of carbonyl (C=O) groups is 1. The molecule has 328 valence electrons. The van der Waals surface area contributed by atoms with E-state index in [0.717, 1.165) is 61.4 Å². The fourth-order valence-corrected chi connectivity index (χ4v) is 10.8. The molecule has 1 saturated heterocycles. The van der Waals surface area contributed by atoms with Crippen molar-refractivity contribution in [2.75, 3.05) is 87.7 Å². The van der Waals surface area contributed by atoms with Crippen molar-refractivity contribution in [3.63, 3.8) is 0 Å². The zero-order valence-electron chi connectivity index (χ0n) is 36.2. The van der Waals surface area contributed by atoms with Crippen LogP contribution in [0.3, 0.4) is 0 Å². The van der Waals surface area contributed by atoms with E-state index in [9.17, 15) is 0 Å². The first-order valence-corrected chi connectivity index (χ1v) is 22.6. The standard InChI is InChI=1S/C47H64N2O10S/c1-7-30-28-48-13-9-31-23-41(52-3)43(54-5)26-37(31)39(48)21-34(30)22-40-38-27-44(55-6)42(53-4)24-32(38)10-14-49(40)46(51)45-25-36(33-12-20-60-29-33)35(47(59-45)58-8-2)11-16-56-18-19-57-17-15-50/h12,20,23-27,29-30,34-36,39-40,47,50H,7-11,13-19,21-22,28H2,1-6H3/t30-,34+,35+,36-,39-,40+,47-/m0/s1. The summed E-state index contributed by atoms with van der Waals surface area (Å²) in [6, 6.07) is 10.7. The average Bonchev–Trinajstić information content (AvgIpc) is 3.83. The zero-order chi connectivity index (χ0) is 42.2. The Balaban J connectivity index is 1.21. The summed E-state index contributed by atoms with van der Waals surface area (Å²) in [5.41, 5.74) is 6.05. The summed E-state index contributed by atoms with van der Waals surface area (Å²) in [6.07, 6.45) is 6.57. The van der Waals surface area contributed by atoms with Gasteiger partial charge in [-0.3, -0.25) is 9.69 Å². The van der Waals surface area contributed by atoms with Crippen LogP contribution >= 0.6 is 11.3 Å². The Morgan fingerprint density at radius 2 is 1.52 bits per heavy atom. The van der Waals surface area contributed by atoms with Crippen LogP contribution in [0.15, 0.2) is 52.9 Å². The first-order chi connectivity index (χ1) is 29.3. The van der Waals surface area contributed by atoms with Crippen molar-refractivity contribution in [2.24, 2.45) is 17.8 Å². The van der Waals surface area contributed by atoms with Crippen molar-refractivity contribution in [3.8, 4) is 23.0 Å². The van der Waals surface area contributed by atoms with Crippen LogP contribution in [-0.2, 0) is 36.6 Å². The van der Waals surface area contributed by atoms with Crippen molar-refractivity contribution in [2.45, 2.75) is 76.7 Å². The van der Waals surface area contributed by atoms with Gasteiger partial charge in [0.25, 0.3) is 5.91 Å². The number of aliphatic hydroxyl groups is 1. The second-order valence-corrected chi connectivity index (χ2v) is 17.0. The highest BCUT2D eigenvalue weighted by Gasteiger charge is 2.45. The number of carbonyl (C=O) groups excluding carboxylic acids is 1. The third-order valence-corrected chi connectivity index (χ3v) is 13.8. The minimum atomic E-state index is -0.631. The molecular formula is C47H64N2O10S. The third kappa shape index (κ3) is 9.46. The Morgan fingerprint density at radius 3 is 2.17 bits per heavy atom. The van der Waals surface area contributed by atoms with Crippen molar-refractivity contribution >= 4 is 17.2 Å². The van der Waals surface area contributed by atoms with E-state index < -0.39 is 6.29 Å². The van der Waals surface area contributed by atoms with Gasteiger partial charge >= 0.3 is 0 Å². The molecule has 0 saturated carbocycles. The van der Waals surface area contributed by atoms with Crippen LogP contribution in [-0.4, -0.2) is 115 Å². The van der Waals surface area contributed by atoms with Crippen LogP contribution in [0.25, 0.3) is 0 Å². The number of aliphatic hydroxyl groups excluding tert-OH is 1. The number of ether oxygens (including phenoxy) is 8. The molecule has 0 radical (unpaired) electrons. The maximum atomic E-state index is 15.3. The minimum Gasteiger partial charge on any atom is -0.493 e. The Labute approximate surface area is 359 Å². The molecule has 0 unspecified atom stereocenters. The fraction of sp³-hybridized carbons (Fsp3) is 0.596. The molecule has 2 aromatic carbocycles. The fourth-order valence-electron chi connectivity index (χ4n) is 10.1. The molecule has 7 atom stereocenters. The molecule has 0 spiro atoms. The molecule has 4 aliphatic heterocycles. The van der Waals surface area contributed by atoms with Gasteiger partial charge in [0, 0.05) is 50.7 Å². The lowest BCUT2D eigenvalue weighted by molar-refractivity contribution is -0.173. The van der Waals surface area contributed by atoms with Crippen molar-refractivity contribution in [3.05, 3.63) is 80.7 Å². The summed E-state index contributed by atoms with van der Waals surface area (Å²) >= 11 is 1.64. The highest BCUT2D eigenvalue weighted by molar-refractivity contribution is 7.08. The number of fused-ring (bicyclic) bond motifs is 4. The van der Waals surface area contributed by atoms with E-state index in [0.29, 0.717) is 81.5 Å². The molecule has 1 amide bonds. The van der Waals surface area contributed by atoms with E-state index in [4.69, 9.17) is 43.0 Å². The molecule has 0 bridgehead atoms. The molecule has 1 N–H and O–H groups in total. The number of hydrogen-bond donors (Lipinski definition) is 1. The molecule has 1 fully saturated rings. The second-order valence-electron chi connectivity index (χ2n) is 16.2. The van der Waals surface area contributed by atoms with Crippen LogP contribution in [0.1, 0.15) is 85.3 Å². The lowest BCUT2D eigenvalue weighted by atomic mass is 9.72. The van der Waals surface area contributed by atoms with Gasteiger partial charge in [0.05, 0.1) is 60.9 Å². The van der Waals surface area contributed by atoms with Crippen molar-refractivity contribution < 1.29 is 47.8 Å². The van der Waals surface area contributed by atoms with E-state index in [-0.39, 0.29) is 36.4 Å². The highest BCUT2D eigenvalue weighted by Crippen LogP contribution is 2.50. The Morgan fingerprint density at radius 1 is 0.850 bits per heavy atom. The molecule has 13 heteroatoms. The summed E-state index contributed by atoms with van der Waals surface area (Å²) < 4.78 is 47.5. The number of nitrogens with zero attached hydrogens (tertiary/aromatic N) is 2. The van der Waals surface area contributed by atoms with E-state index in [1.165, 1.54) is 16.7 Å². The van der Waals surface area contributed by atoms with Crippen LogP contribution in [0.2, 0.25) is 0 Å². The van der Waals surface area contributed by atoms with Crippen molar-refractivity contribution in [1.82, 2.24) is 9.80 Å². The molecule has 4 aliphatic rings. The van der Waals surface area contributed by atoms with Gasteiger partial charge in [0.1, 0.15) is 0 Å².